The van der Waals surface area contributed by atoms with Gasteiger partial charge in [0.1, 0.15) is 0 Å². The Morgan fingerprint density at radius 2 is 1.86 bits per heavy atom. The van der Waals surface area contributed by atoms with Gasteiger partial charge in [-0.25, -0.2) is 0 Å². The Morgan fingerprint density at radius 1 is 1.10 bits per heavy atom. The number of benzene rings is 2. The lowest BCUT2D eigenvalue weighted by Crippen LogP contribution is -2.46. The predicted molar refractivity (Wildman–Crippen MR) is 84.5 cm³/mol. The SMILES string of the molecule is CC12CCNc3ccccc3N1C(c1ccccc1)=NO2. The minimum Gasteiger partial charge on any atom is -0.383 e. The summed E-state index contributed by atoms with van der Waals surface area (Å²) in [5, 5.41) is 7.85. The Kier molecular flexibility index (Phi) is 2.64. The third-order valence-electron chi connectivity index (χ3n) is 4.09. The molecule has 1 atom stereocenters. The first-order valence-corrected chi connectivity index (χ1v) is 7.23. The van der Waals surface area contributed by atoms with Gasteiger partial charge in [-0.1, -0.05) is 47.6 Å². The molecule has 0 bridgehead atoms. The van der Waals surface area contributed by atoms with Gasteiger partial charge in [0, 0.05) is 18.5 Å². The van der Waals surface area contributed by atoms with E-state index >= 15 is 0 Å². The Labute approximate surface area is 124 Å². The van der Waals surface area contributed by atoms with Crippen molar-refractivity contribution < 1.29 is 4.84 Å². The highest BCUT2D eigenvalue weighted by atomic mass is 16.7. The van der Waals surface area contributed by atoms with Crippen LogP contribution < -0.4 is 10.2 Å². The van der Waals surface area contributed by atoms with E-state index in [1.165, 1.54) is 0 Å². The van der Waals surface area contributed by atoms with E-state index in [2.05, 4.69) is 46.6 Å². The van der Waals surface area contributed by atoms with Gasteiger partial charge in [0.25, 0.3) is 0 Å². The van der Waals surface area contributed by atoms with E-state index in [9.17, 15) is 0 Å². The first kappa shape index (κ1) is 12.3. The molecule has 1 N–H and O–H groups in total. The Bertz CT molecular complexity index is 698. The summed E-state index contributed by atoms with van der Waals surface area (Å²) in [5.41, 5.74) is 2.86. The fourth-order valence-corrected chi connectivity index (χ4v) is 2.99. The second kappa shape index (κ2) is 4.52. The molecule has 0 spiro atoms. The van der Waals surface area contributed by atoms with Crippen molar-refractivity contribution in [3.63, 3.8) is 0 Å². The molecule has 4 heteroatoms. The fraction of sp³-hybridized carbons (Fsp3) is 0.235. The summed E-state index contributed by atoms with van der Waals surface area (Å²) in [5.74, 6) is 0.870. The number of rotatable bonds is 1. The quantitative estimate of drug-likeness (QED) is 0.869. The Hall–Kier alpha value is -2.49. The van der Waals surface area contributed by atoms with Crippen molar-refractivity contribution in [3.8, 4) is 0 Å². The highest BCUT2D eigenvalue weighted by molar-refractivity contribution is 6.12. The van der Waals surface area contributed by atoms with E-state index in [0.29, 0.717) is 0 Å². The van der Waals surface area contributed by atoms with Crippen LogP contribution in [-0.4, -0.2) is 18.1 Å². The zero-order valence-electron chi connectivity index (χ0n) is 11.9. The average Bonchev–Trinajstić information content (AvgIpc) is 2.79. The first-order chi connectivity index (χ1) is 10.3. The molecule has 4 rings (SSSR count). The van der Waals surface area contributed by atoms with Crippen LogP contribution >= 0.6 is 0 Å². The number of nitrogens with zero attached hydrogens (tertiary/aromatic N) is 2. The number of amidine groups is 1. The van der Waals surface area contributed by atoms with Crippen LogP contribution in [0.2, 0.25) is 0 Å². The van der Waals surface area contributed by atoms with Crippen molar-refractivity contribution in [1.82, 2.24) is 0 Å². The lowest BCUT2D eigenvalue weighted by molar-refractivity contribution is -0.00469. The summed E-state index contributed by atoms with van der Waals surface area (Å²) < 4.78 is 0. The van der Waals surface area contributed by atoms with Gasteiger partial charge < -0.3 is 10.2 Å². The van der Waals surface area contributed by atoms with E-state index in [-0.39, 0.29) is 0 Å². The number of fused-ring (bicyclic) bond motifs is 3. The van der Waals surface area contributed by atoms with Crippen LogP contribution in [-0.2, 0) is 4.84 Å². The zero-order valence-corrected chi connectivity index (χ0v) is 11.9. The normalized spacial score (nSPS) is 23.3. The average molecular weight is 279 g/mol. The first-order valence-electron chi connectivity index (χ1n) is 7.23. The summed E-state index contributed by atoms with van der Waals surface area (Å²) >= 11 is 0. The van der Waals surface area contributed by atoms with Gasteiger partial charge in [-0.2, -0.15) is 0 Å². The van der Waals surface area contributed by atoms with Crippen molar-refractivity contribution in [1.29, 1.82) is 0 Å². The molecule has 0 fully saturated rings. The van der Waals surface area contributed by atoms with Crippen LogP contribution in [0.15, 0.2) is 59.8 Å². The number of nitrogens with one attached hydrogen (secondary N) is 1. The predicted octanol–water partition coefficient (Wildman–Crippen LogP) is 3.42. The standard InChI is InChI=1S/C17H17N3O/c1-17-11-12-18-14-9-5-6-10-15(14)20(17)16(19-21-17)13-7-3-2-4-8-13/h2-10,18H,11-12H2,1H3. The highest BCUT2D eigenvalue weighted by Crippen LogP contribution is 2.40. The summed E-state index contributed by atoms with van der Waals surface area (Å²) in [7, 11) is 0. The molecule has 0 saturated heterocycles. The maximum atomic E-state index is 5.82. The van der Waals surface area contributed by atoms with Gasteiger partial charge in [0.15, 0.2) is 5.84 Å². The summed E-state index contributed by atoms with van der Waals surface area (Å²) in [6.07, 6.45) is 0.863. The molecule has 2 heterocycles. The van der Waals surface area contributed by atoms with Gasteiger partial charge in [-0.3, -0.25) is 4.90 Å². The molecule has 2 aliphatic heterocycles. The number of para-hydroxylation sites is 2. The third-order valence-corrected chi connectivity index (χ3v) is 4.09. The molecule has 0 amide bonds. The molecule has 0 aromatic heterocycles. The lowest BCUT2D eigenvalue weighted by Gasteiger charge is -2.32. The molecule has 2 aromatic rings. The number of hydrogen-bond acceptors (Lipinski definition) is 4. The van der Waals surface area contributed by atoms with Gasteiger partial charge in [0.2, 0.25) is 5.72 Å². The molecule has 21 heavy (non-hydrogen) atoms. The topological polar surface area (TPSA) is 36.9 Å². The maximum Gasteiger partial charge on any atom is 0.214 e. The minimum absolute atomic E-state index is 0.440. The van der Waals surface area contributed by atoms with E-state index in [0.717, 1.165) is 35.7 Å². The molecular weight excluding hydrogens is 262 g/mol. The zero-order chi connectivity index (χ0) is 14.3. The van der Waals surface area contributed by atoms with Crippen LogP contribution in [0.1, 0.15) is 18.9 Å². The van der Waals surface area contributed by atoms with Gasteiger partial charge in [0.05, 0.1) is 11.4 Å². The Morgan fingerprint density at radius 3 is 2.71 bits per heavy atom. The molecule has 2 aromatic carbocycles. The van der Waals surface area contributed by atoms with E-state index < -0.39 is 5.72 Å². The van der Waals surface area contributed by atoms with Crippen LogP contribution in [0, 0.1) is 0 Å². The second-order valence-corrected chi connectivity index (χ2v) is 5.58. The van der Waals surface area contributed by atoms with Crippen molar-refractivity contribution >= 4 is 17.2 Å². The van der Waals surface area contributed by atoms with E-state index in [1.54, 1.807) is 0 Å². The van der Waals surface area contributed by atoms with Crippen LogP contribution in [0.5, 0.6) is 0 Å². The van der Waals surface area contributed by atoms with Crippen molar-refractivity contribution in [3.05, 3.63) is 60.2 Å². The molecule has 4 nitrogen and oxygen atoms in total. The molecular formula is C17H17N3O. The number of hydrogen-bond donors (Lipinski definition) is 1. The second-order valence-electron chi connectivity index (χ2n) is 5.58. The van der Waals surface area contributed by atoms with Gasteiger partial charge in [-0.05, 0) is 19.1 Å². The van der Waals surface area contributed by atoms with E-state index in [1.807, 2.05) is 30.3 Å². The van der Waals surface area contributed by atoms with Gasteiger partial charge in [-0.15, -0.1) is 0 Å². The third kappa shape index (κ3) is 1.87. The van der Waals surface area contributed by atoms with Crippen molar-refractivity contribution in [2.24, 2.45) is 5.16 Å². The highest BCUT2D eigenvalue weighted by Gasteiger charge is 2.45. The Balaban J connectivity index is 1.87. The monoisotopic (exact) mass is 279 g/mol. The molecule has 0 saturated carbocycles. The molecule has 0 radical (unpaired) electrons. The maximum absolute atomic E-state index is 5.82. The lowest BCUT2D eigenvalue weighted by atomic mass is 10.1. The minimum atomic E-state index is -0.440. The molecule has 1 unspecified atom stereocenters. The molecule has 2 aliphatic rings. The molecule has 106 valence electrons. The number of anilines is 2. The smallest absolute Gasteiger partial charge is 0.214 e. The van der Waals surface area contributed by atoms with Crippen LogP contribution in [0.3, 0.4) is 0 Å². The number of oxime groups is 1. The fourth-order valence-electron chi connectivity index (χ4n) is 2.99. The largest absolute Gasteiger partial charge is 0.383 e. The summed E-state index contributed by atoms with van der Waals surface area (Å²) in [6, 6.07) is 18.5. The van der Waals surface area contributed by atoms with E-state index in [4.69, 9.17) is 4.84 Å². The van der Waals surface area contributed by atoms with Crippen LogP contribution in [0.25, 0.3) is 0 Å². The summed E-state index contributed by atoms with van der Waals surface area (Å²) in [4.78, 5) is 8.03. The molecule has 0 aliphatic carbocycles. The van der Waals surface area contributed by atoms with Crippen LogP contribution in [0.4, 0.5) is 11.4 Å². The summed E-state index contributed by atoms with van der Waals surface area (Å²) in [6.45, 7) is 2.96. The van der Waals surface area contributed by atoms with Crippen molar-refractivity contribution in [2.45, 2.75) is 19.1 Å². The van der Waals surface area contributed by atoms with Crippen molar-refractivity contribution in [2.75, 3.05) is 16.8 Å². The van der Waals surface area contributed by atoms with Gasteiger partial charge >= 0.3 is 0 Å².